The molecule has 0 unspecified atom stereocenters. The first kappa shape index (κ1) is 21.2. The maximum absolute atomic E-state index is 13.4. The van der Waals surface area contributed by atoms with E-state index in [1.165, 1.54) is 28.8 Å². The molecule has 0 bridgehead atoms. The summed E-state index contributed by atoms with van der Waals surface area (Å²) in [5.41, 5.74) is 1.70. The normalized spacial score (nSPS) is 15.8. The van der Waals surface area contributed by atoms with Crippen molar-refractivity contribution in [1.29, 1.82) is 0 Å². The Kier molecular flexibility index (Phi) is 6.18. The lowest BCUT2D eigenvalue weighted by Gasteiger charge is -2.31. The van der Waals surface area contributed by atoms with Gasteiger partial charge in [0.2, 0.25) is 5.91 Å². The standard InChI is InChI=1S/C23H26FN3O4/c1-2-31-15-20(28)26-12-9-19-16(13-26)14-27(18-7-5-17(24)6-8-18)23(30)21(19)22(29)25-10-3-4-11-25/h5-8,14H,2-4,9-13,15H2,1H3. The van der Waals surface area contributed by atoms with Gasteiger partial charge >= 0.3 is 0 Å². The van der Waals surface area contributed by atoms with Crippen molar-refractivity contribution in [3.63, 3.8) is 0 Å². The first-order valence-electron chi connectivity index (χ1n) is 10.7. The number of hydrogen-bond acceptors (Lipinski definition) is 4. The molecule has 1 saturated heterocycles. The first-order valence-corrected chi connectivity index (χ1v) is 10.7. The van der Waals surface area contributed by atoms with Crippen molar-refractivity contribution in [2.75, 3.05) is 32.8 Å². The number of benzene rings is 1. The lowest BCUT2D eigenvalue weighted by Crippen LogP contribution is -2.42. The summed E-state index contributed by atoms with van der Waals surface area (Å²) in [7, 11) is 0. The second-order valence-electron chi connectivity index (χ2n) is 7.86. The quantitative estimate of drug-likeness (QED) is 0.733. The summed E-state index contributed by atoms with van der Waals surface area (Å²) in [5, 5.41) is 0. The lowest BCUT2D eigenvalue weighted by molar-refractivity contribution is -0.136. The predicted molar refractivity (Wildman–Crippen MR) is 113 cm³/mol. The van der Waals surface area contributed by atoms with Gasteiger partial charge in [-0.25, -0.2) is 4.39 Å². The number of ether oxygens (including phenoxy) is 1. The van der Waals surface area contributed by atoms with Crippen LogP contribution in [-0.4, -0.2) is 59.0 Å². The fourth-order valence-electron chi connectivity index (χ4n) is 4.24. The highest BCUT2D eigenvalue weighted by atomic mass is 19.1. The molecule has 1 fully saturated rings. The van der Waals surface area contributed by atoms with E-state index in [1.54, 1.807) is 16.0 Å². The molecule has 2 aromatic rings. The van der Waals surface area contributed by atoms with E-state index in [0.29, 0.717) is 50.5 Å². The molecule has 31 heavy (non-hydrogen) atoms. The van der Waals surface area contributed by atoms with E-state index < -0.39 is 11.4 Å². The van der Waals surface area contributed by atoms with Gasteiger partial charge in [-0.2, -0.15) is 0 Å². The average Bonchev–Trinajstić information content (AvgIpc) is 3.32. The smallest absolute Gasteiger partial charge is 0.268 e. The number of pyridine rings is 1. The summed E-state index contributed by atoms with van der Waals surface area (Å²) in [6.07, 6.45) is 3.95. The Labute approximate surface area is 180 Å². The predicted octanol–water partition coefficient (Wildman–Crippen LogP) is 2.13. The van der Waals surface area contributed by atoms with Crippen molar-refractivity contribution < 1.29 is 18.7 Å². The van der Waals surface area contributed by atoms with Crippen LogP contribution < -0.4 is 5.56 Å². The van der Waals surface area contributed by atoms with Gasteiger partial charge in [0.1, 0.15) is 18.0 Å². The van der Waals surface area contributed by atoms with Crippen molar-refractivity contribution in [1.82, 2.24) is 14.4 Å². The largest absolute Gasteiger partial charge is 0.372 e. The Morgan fingerprint density at radius 2 is 1.77 bits per heavy atom. The van der Waals surface area contributed by atoms with Crippen molar-refractivity contribution in [3.8, 4) is 5.69 Å². The Morgan fingerprint density at radius 3 is 2.45 bits per heavy atom. The number of fused-ring (bicyclic) bond motifs is 1. The molecule has 8 heteroatoms. The number of nitrogens with zero attached hydrogens (tertiary/aromatic N) is 3. The van der Waals surface area contributed by atoms with Gasteiger partial charge in [0.25, 0.3) is 11.5 Å². The molecular weight excluding hydrogens is 401 g/mol. The minimum Gasteiger partial charge on any atom is -0.372 e. The van der Waals surface area contributed by atoms with E-state index in [4.69, 9.17) is 4.74 Å². The highest BCUT2D eigenvalue weighted by Crippen LogP contribution is 2.24. The Bertz CT molecular complexity index is 1040. The molecule has 1 aromatic heterocycles. The van der Waals surface area contributed by atoms with E-state index in [1.807, 2.05) is 6.92 Å². The molecule has 2 aliphatic heterocycles. The van der Waals surface area contributed by atoms with Crippen molar-refractivity contribution >= 4 is 11.8 Å². The van der Waals surface area contributed by atoms with Crippen LogP contribution in [0.1, 0.15) is 41.3 Å². The van der Waals surface area contributed by atoms with Gasteiger partial charge < -0.3 is 14.5 Å². The SMILES string of the molecule is CCOCC(=O)N1CCc2c(cn(-c3ccc(F)cc3)c(=O)c2C(=O)N2CCCC2)C1. The summed E-state index contributed by atoms with van der Waals surface area (Å²) < 4.78 is 20.1. The summed E-state index contributed by atoms with van der Waals surface area (Å²) in [6.45, 7) is 4.28. The second-order valence-corrected chi connectivity index (χ2v) is 7.86. The fourth-order valence-corrected chi connectivity index (χ4v) is 4.24. The van der Waals surface area contributed by atoms with Gasteiger partial charge in [-0.1, -0.05) is 0 Å². The van der Waals surface area contributed by atoms with Gasteiger partial charge in [-0.15, -0.1) is 0 Å². The molecule has 3 heterocycles. The molecule has 1 aromatic carbocycles. The molecule has 0 radical (unpaired) electrons. The second kappa shape index (κ2) is 9.01. The summed E-state index contributed by atoms with van der Waals surface area (Å²) in [4.78, 5) is 42.6. The van der Waals surface area contributed by atoms with Crippen LogP contribution in [0, 0.1) is 5.82 Å². The molecule has 0 atom stereocenters. The molecule has 7 nitrogen and oxygen atoms in total. The third-order valence-corrected chi connectivity index (χ3v) is 5.89. The zero-order chi connectivity index (χ0) is 22.0. The monoisotopic (exact) mass is 427 g/mol. The van der Waals surface area contributed by atoms with E-state index in [0.717, 1.165) is 18.4 Å². The van der Waals surface area contributed by atoms with Crippen LogP contribution in [0.4, 0.5) is 4.39 Å². The highest BCUT2D eigenvalue weighted by Gasteiger charge is 2.31. The van der Waals surface area contributed by atoms with Gasteiger partial charge in [-0.05, 0) is 61.6 Å². The molecular formula is C23H26FN3O4. The third-order valence-electron chi connectivity index (χ3n) is 5.89. The van der Waals surface area contributed by atoms with Crippen molar-refractivity contribution in [2.24, 2.45) is 0 Å². The summed E-state index contributed by atoms with van der Waals surface area (Å²) in [5.74, 6) is -0.792. The van der Waals surface area contributed by atoms with Crippen LogP contribution >= 0.6 is 0 Å². The Morgan fingerprint density at radius 1 is 1.06 bits per heavy atom. The Balaban J connectivity index is 1.78. The molecule has 0 saturated carbocycles. The van der Waals surface area contributed by atoms with E-state index in [2.05, 4.69) is 0 Å². The molecule has 2 aliphatic rings. The zero-order valence-corrected chi connectivity index (χ0v) is 17.6. The van der Waals surface area contributed by atoms with E-state index in [9.17, 15) is 18.8 Å². The number of carbonyl (C=O) groups excluding carboxylic acids is 2. The molecule has 4 rings (SSSR count). The number of carbonyl (C=O) groups is 2. The van der Waals surface area contributed by atoms with Gasteiger partial charge in [0.05, 0.1) is 0 Å². The molecule has 0 N–H and O–H groups in total. The number of hydrogen-bond donors (Lipinski definition) is 0. The van der Waals surface area contributed by atoms with Crippen LogP contribution in [0.25, 0.3) is 5.69 Å². The average molecular weight is 427 g/mol. The van der Waals surface area contributed by atoms with E-state index in [-0.39, 0.29) is 24.0 Å². The minimum atomic E-state index is -0.407. The minimum absolute atomic E-state index is 0.00298. The molecule has 0 spiro atoms. The van der Waals surface area contributed by atoms with Crippen LogP contribution in [0.5, 0.6) is 0 Å². The number of halogens is 1. The Hall–Kier alpha value is -3.00. The number of likely N-dealkylation sites (tertiary alicyclic amines) is 1. The topological polar surface area (TPSA) is 71.8 Å². The maximum atomic E-state index is 13.4. The van der Waals surface area contributed by atoms with Gasteiger partial charge in [0, 0.05) is 44.7 Å². The third kappa shape index (κ3) is 4.25. The summed E-state index contributed by atoms with van der Waals surface area (Å²) in [6, 6.07) is 5.57. The van der Waals surface area contributed by atoms with Crippen LogP contribution in [0.3, 0.4) is 0 Å². The fraction of sp³-hybridized carbons (Fsp3) is 0.435. The van der Waals surface area contributed by atoms with Crippen LogP contribution in [0.15, 0.2) is 35.3 Å². The highest BCUT2D eigenvalue weighted by molar-refractivity contribution is 5.96. The first-order chi connectivity index (χ1) is 15.0. The van der Waals surface area contributed by atoms with E-state index >= 15 is 0 Å². The number of amides is 2. The molecule has 2 amide bonds. The van der Waals surface area contributed by atoms with Crippen LogP contribution in [-0.2, 0) is 22.5 Å². The lowest BCUT2D eigenvalue weighted by atomic mass is 9.95. The molecule has 164 valence electrons. The number of rotatable bonds is 5. The van der Waals surface area contributed by atoms with Crippen molar-refractivity contribution in [3.05, 3.63) is 63.3 Å². The summed E-state index contributed by atoms with van der Waals surface area (Å²) >= 11 is 0. The maximum Gasteiger partial charge on any atom is 0.268 e. The zero-order valence-electron chi connectivity index (χ0n) is 17.6. The van der Waals surface area contributed by atoms with Crippen LogP contribution in [0.2, 0.25) is 0 Å². The number of aromatic nitrogens is 1. The van der Waals surface area contributed by atoms with Gasteiger partial charge in [0.15, 0.2) is 0 Å². The van der Waals surface area contributed by atoms with Gasteiger partial charge in [-0.3, -0.25) is 19.0 Å². The van der Waals surface area contributed by atoms with Crippen molar-refractivity contribution in [2.45, 2.75) is 32.7 Å². The molecule has 0 aliphatic carbocycles.